The number of anilines is 1. The van der Waals surface area contributed by atoms with Crippen LogP contribution in [0.15, 0.2) is 12.1 Å². The van der Waals surface area contributed by atoms with Gasteiger partial charge in [0.05, 0.1) is 37.6 Å². The Morgan fingerprint density at radius 3 is 2.39 bits per heavy atom. The van der Waals surface area contributed by atoms with E-state index in [9.17, 15) is 0 Å². The van der Waals surface area contributed by atoms with E-state index in [2.05, 4.69) is 5.32 Å². The van der Waals surface area contributed by atoms with Crippen LogP contribution in [0.1, 0.15) is 13.8 Å². The summed E-state index contributed by atoms with van der Waals surface area (Å²) in [5.41, 5.74) is 0.839. The van der Waals surface area contributed by atoms with Gasteiger partial charge in [-0.3, -0.25) is 0 Å². The topological polar surface area (TPSA) is 39.7 Å². The summed E-state index contributed by atoms with van der Waals surface area (Å²) in [6.07, 6.45) is 0.230. The fourth-order valence-corrected chi connectivity index (χ4v) is 1.71. The lowest BCUT2D eigenvalue weighted by Gasteiger charge is -2.14. The zero-order valence-electron chi connectivity index (χ0n) is 11.2. The van der Waals surface area contributed by atoms with Gasteiger partial charge in [-0.25, -0.2) is 0 Å². The zero-order valence-corrected chi connectivity index (χ0v) is 12.0. The summed E-state index contributed by atoms with van der Waals surface area (Å²) in [4.78, 5) is 0. The molecule has 0 atom stereocenters. The van der Waals surface area contributed by atoms with Crippen molar-refractivity contribution >= 4 is 17.3 Å². The van der Waals surface area contributed by atoms with Gasteiger partial charge < -0.3 is 19.5 Å². The highest BCUT2D eigenvalue weighted by molar-refractivity contribution is 6.32. The summed E-state index contributed by atoms with van der Waals surface area (Å²) in [6.45, 7) is 5.34. The lowest BCUT2D eigenvalue weighted by atomic mass is 10.2. The number of ether oxygens (including phenoxy) is 3. The molecule has 0 aliphatic carbocycles. The average Bonchev–Trinajstić information content (AvgIpc) is 2.35. The molecular weight excluding hydrogens is 254 g/mol. The van der Waals surface area contributed by atoms with Crippen LogP contribution in [0, 0.1) is 0 Å². The molecule has 4 nitrogen and oxygen atoms in total. The van der Waals surface area contributed by atoms with Crippen LogP contribution < -0.4 is 14.8 Å². The van der Waals surface area contributed by atoms with Gasteiger partial charge in [-0.1, -0.05) is 11.6 Å². The first-order chi connectivity index (χ1) is 8.58. The van der Waals surface area contributed by atoms with Crippen molar-refractivity contribution in [2.45, 2.75) is 20.0 Å². The molecule has 0 aliphatic rings. The molecule has 0 aliphatic heterocycles. The predicted octanol–water partition coefficient (Wildman–Crippen LogP) is 3.19. The van der Waals surface area contributed by atoms with Gasteiger partial charge in [0.1, 0.15) is 11.5 Å². The van der Waals surface area contributed by atoms with Gasteiger partial charge in [-0.15, -0.1) is 0 Å². The van der Waals surface area contributed by atoms with Crippen LogP contribution in [-0.4, -0.2) is 33.5 Å². The SMILES string of the molecule is COc1cc(NCCOC(C)C)c(OC)cc1Cl. The van der Waals surface area contributed by atoms with E-state index in [0.29, 0.717) is 29.7 Å². The smallest absolute Gasteiger partial charge is 0.143 e. The molecule has 0 bridgehead atoms. The third-order valence-electron chi connectivity index (χ3n) is 2.34. The Bertz CT molecular complexity index is 383. The highest BCUT2D eigenvalue weighted by atomic mass is 35.5. The van der Waals surface area contributed by atoms with Crippen molar-refractivity contribution in [1.82, 2.24) is 0 Å². The lowest BCUT2D eigenvalue weighted by molar-refractivity contribution is 0.0870. The van der Waals surface area contributed by atoms with Gasteiger partial charge >= 0.3 is 0 Å². The number of nitrogens with one attached hydrogen (secondary N) is 1. The van der Waals surface area contributed by atoms with Crippen LogP contribution in [0.5, 0.6) is 11.5 Å². The van der Waals surface area contributed by atoms with Gasteiger partial charge in [0.2, 0.25) is 0 Å². The Morgan fingerprint density at radius 1 is 1.17 bits per heavy atom. The Labute approximate surface area is 113 Å². The summed E-state index contributed by atoms with van der Waals surface area (Å²) in [6, 6.07) is 3.54. The molecule has 0 saturated carbocycles. The van der Waals surface area contributed by atoms with Crippen LogP contribution in [0.25, 0.3) is 0 Å². The largest absolute Gasteiger partial charge is 0.495 e. The second-order valence-electron chi connectivity index (χ2n) is 4.03. The zero-order chi connectivity index (χ0) is 13.5. The number of hydrogen-bond donors (Lipinski definition) is 1. The standard InChI is InChI=1S/C13H20ClNO3/c1-9(2)18-6-5-15-11-8-12(16-3)10(14)7-13(11)17-4/h7-9,15H,5-6H2,1-4H3. The van der Waals surface area contributed by atoms with E-state index in [-0.39, 0.29) is 6.10 Å². The summed E-state index contributed by atoms with van der Waals surface area (Å²) >= 11 is 6.03. The Balaban J connectivity index is 2.68. The molecule has 0 saturated heterocycles. The van der Waals surface area contributed by atoms with Gasteiger partial charge in [-0.2, -0.15) is 0 Å². The average molecular weight is 274 g/mol. The van der Waals surface area contributed by atoms with E-state index in [1.165, 1.54) is 0 Å². The third kappa shape index (κ3) is 4.27. The highest BCUT2D eigenvalue weighted by Crippen LogP contribution is 2.35. The third-order valence-corrected chi connectivity index (χ3v) is 2.64. The monoisotopic (exact) mass is 273 g/mol. The van der Waals surface area contributed by atoms with Crippen molar-refractivity contribution < 1.29 is 14.2 Å². The lowest BCUT2D eigenvalue weighted by Crippen LogP contribution is -2.13. The second-order valence-corrected chi connectivity index (χ2v) is 4.44. The van der Waals surface area contributed by atoms with Crippen molar-refractivity contribution in [3.05, 3.63) is 17.2 Å². The van der Waals surface area contributed by atoms with Crippen LogP contribution in [0.3, 0.4) is 0 Å². The Hall–Kier alpha value is -1.13. The molecule has 1 aromatic rings. The molecule has 18 heavy (non-hydrogen) atoms. The van der Waals surface area contributed by atoms with Crippen molar-refractivity contribution in [2.24, 2.45) is 0 Å². The van der Waals surface area contributed by atoms with Gasteiger partial charge in [0.25, 0.3) is 0 Å². The van der Waals surface area contributed by atoms with Crippen molar-refractivity contribution in [3.63, 3.8) is 0 Å². The summed E-state index contributed by atoms with van der Waals surface area (Å²) < 4.78 is 15.9. The van der Waals surface area contributed by atoms with E-state index in [0.717, 1.165) is 5.69 Å². The maximum absolute atomic E-state index is 6.03. The number of rotatable bonds is 7. The first-order valence-electron chi connectivity index (χ1n) is 5.85. The molecule has 1 N–H and O–H groups in total. The minimum Gasteiger partial charge on any atom is -0.495 e. The van der Waals surface area contributed by atoms with Gasteiger partial charge in [0.15, 0.2) is 0 Å². The van der Waals surface area contributed by atoms with Gasteiger partial charge in [-0.05, 0) is 13.8 Å². The van der Waals surface area contributed by atoms with Crippen molar-refractivity contribution in [1.29, 1.82) is 0 Å². The van der Waals surface area contributed by atoms with Crippen LogP contribution in [0.4, 0.5) is 5.69 Å². The number of hydrogen-bond acceptors (Lipinski definition) is 4. The maximum atomic E-state index is 6.03. The second kappa shape index (κ2) is 7.34. The summed E-state index contributed by atoms with van der Waals surface area (Å²) in [7, 11) is 3.19. The Kier molecular flexibility index (Phi) is 6.09. The van der Waals surface area contributed by atoms with Crippen LogP contribution in [-0.2, 0) is 4.74 Å². The molecule has 0 fully saturated rings. The molecule has 1 rings (SSSR count). The molecule has 0 heterocycles. The van der Waals surface area contributed by atoms with E-state index >= 15 is 0 Å². The molecule has 0 spiro atoms. The molecule has 0 aromatic heterocycles. The van der Waals surface area contributed by atoms with E-state index in [4.69, 9.17) is 25.8 Å². The number of methoxy groups -OCH3 is 2. The molecule has 5 heteroatoms. The van der Waals surface area contributed by atoms with E-state index in [1.54, 1.807) is 20.3 Å². The fraction of sp³-hybridized carbons (Fsp3) is 0.538. The molecule has 102 valence electrons. The Morgan fingerprint density at radius 2 is 1.83 bits per heavy atom. The van der Waals surface area contributed by atoms with Crippen molar-refractivity contribution in [3.8, 4) is 11.5 Å². The maximum Gasteiger partial charge on any atom is 0.143 e. The normalized spacial score (nSPS) is 10.6. The molecule has 1 aromatic carbocycles. The first-order valence-corrected chi connectivity index (χ1v) is 6.23. The van der Waals surface area contributed by atoms with E-state index in [1.807, 2.05) is 19.9 Å². The van der Waals surface area contributed by atoms with Crippen molar-refractivity contribution in [2.75, 3.05) is 32.7 Å². The van der Waals surface area contributed by atoms with Crippen LogP contribution >= 0.6 is 11.6 Å². The summed E-state index contributed by atoms with van der Waals surface area (Å²) in [5, 5.41) is 3.76. The van der Waals surface area contributed by atoms with E-state index < -0.39 is 0 Å². The molecule has 0 unspecified atom stereocenters. The number of benzene rings is 1. The highest BCUT2D eigenvalue weighted by Gasteiger charge is 2.09. The molecular formula is C13H20ClNO3. The van der Waals surface area contributed by atoms with Gasteiger partial charge in [0, 0.05) is 18.7 Å². The summed E-state index contributed by atoms with van der Waals surface area (Å²) in [5.74, 6) is 1.30. The number of halogens is 1. The molecule has 0 radical (unpaired) electrons. The first kappa shape index (κ1) is 14.9. The predicted molar refractivity (Wildman–Crippen MR) is 74.1 cm³/mol. The molecule has 0 amide bonds. The van der Waals surface area contributed by atoms with Crippen LogP contribution in [0.2, 0.25) is 5.02 Å². The quantitative estimate of drug-likeness (QED) is 0.775. The minimum atomic E-state index is 0.230. The fourth-order valence-electron chi connectivity index (χ4n) is 1.48. The minimum absolute atomic E-state index is 0.230.